The maximum Gasteiger partial charge on any atom is 0.0482 e. The van der Waals surface area contributed by atoms with Crippen molar-refractivity contribution in [3.63, 3.8) is 0 Å². The fourth-order valence-corrected chi connectivity index (χ4v) is 3.66. The van der Waals surface area contributed by atoms with E-state index in [-0.39, 0.29) is 0 Å². The van der Waals surface area contributed by atoms with Crippen LogP contribution >= 0.6 is 0 Å². The largest absolute Gasteiger partial charge is 0.345 e. The zero-order valence-corrected chi connectivity index (χ0v) is 10.1. The minimum Gasteiger partial charge on any atom is -0.345 e. The van der Waals surface area contributed by atoms with Gasteiger partial charge in [0.1, 0.15) is 0 Å². The highest BCUT2D eigenvalue weighted by molar-refractivity contribution is 5.81. The van der Waals surface area contributed by atoms with Gasteiger partial charge in [0.15, 0.2) is 0 Å². The minimum atomic E-state index is 0.560. The topological polar surface area (TPSA) is 17.0 Å². The molecule has 0 bridgehead atoms. The van der Waals surface area contributed by atoms with E-state index in [1.54, 1.807) is 5.69 Å². The van der Waals surface area contributed by atoms with Crippen molar-refractivity contribution in [2.24, 2.45) is 5.41 Å². The molecule has 17 heavy (non-hydrogen) atoms. The van der Waals surface area contributed by atoms with Crippen LogP contribution in [-0.2, 0) is 13.0 Å². The summed E-state index contributed by atoms with van der Waals surface area (Å²) in [4.78, 5) is 0. The van der Waals surface area contributed by atoms with Gasteiger partial charge in [-0.25, -0.2) is 0 Å². The fourth-order valence-electron chi connectivity index (χ4n) is 3.66. The molecule has 1 aromatic heterocycles. The third-order valence-corrected chi connectivity index (χ3v) is 4.65. The van der Waals surface area contributed by atoms with E-state index in [9.17, 15) is 0 Å². The average molecular weight is 226 g/mol. The molecule has 2 aliphatic rings. The van der Waals surface area contributed by atoms with E-state index < -0.39 is 0 Å². The van der Waals surface area contributed by atoms with Crippen LogP contribution in [0.3, 0.4) is 0 Å². The number of rotatable bonds is 0. The van der Waals surface area contributed by atoms with Gasteiger partial charge < -0.3 is 9.88 Å². The molecule has 0 amide bonds. The van der Waals surface area contributed by atoms with E-state index in [1.165, 1.54) is 49.8 Å². The Morgan fingerprint density at radius 1 is 1.18 bits per heavy atom. The number of aromatic nitrogens is 1. The van der Waals surface area contributed by atoms with Gasteiger partial charge in [-0.3, -0.25) is 0 Å². The highest BCUT2D eigenvalue weighted by atomic mass is 15.0. The lowest BCUT2D eigenvalue weighted by Gasteiger charge is -2.34. The van der Waals surface area contributed by atoms with Gasteiger partial charge in [0, 0.05) is 24.3 Å². The summed E-state index contributed by atoms with van der Waals surface area (Å²) in [5, 5.41) is 4.95. The number of para-hydroxylation sites is 1. The predicted octanol–water partition coefficient (Wildman–Crippen LogP) is 2.57. The Labute approximate surface area is 102 Å². The molecule has 1 unspecified atom stereocenters. The second-order valence-electron chi connectivity index (χ2n) is 5.70. The Kier molecular flexibility index (Phi) is 1.92. The van der Waals surface area contributed by atoms with E-state index in [0.29, 0.717) is 5.41 Å². The third-order valence-electron chi connectivity index (χ3n) is 4.65. The first kappa shape index (κ1) is 9.72. The first-order valence-electron chi connectivity index (χ1n) is 6.64. The van der Waals surface area contributed by atoms with Crippen molar-refractivity contribution in [3.05, 3.63) is 36.0 Å². The molecular weight excluding hydrogens is 208 g/mol. The first-order valence-corrected chi connectivity index (χ1v) is 6.64. The normalized spacial score (nSPS) is 27.8. The van der Waals surface area contributed by atoms with Crippen LogP contribution in [0.15, 0.2) is 30.3 Å². The molecule has 1 fully saturated rings. The molecular formula is C15H18N2. The lowest BCUT2D eigenvalue weighted by molar-refractivity contribution is 0.243. The van der Waals surface area contributed by atoms with E-state index in [4.69, 9.17) is 0 Å². The summed E-state index contributed by atoms with van der Waals surface area (Å²) in [6.45, 7) is 3.62. The van der Waals surface area contributed by atoms with Crippen molar-refractivity contribution < 1.29 is 0 Å². The van der Waals surface area contributed by atoms with Gasteiger partial charge in [-0.2, -0.15) is 0 Å². The zero-order valence-electron chi connectivity index (χ0n) is 10.1. The number of hydrogen-bond acceptors (Lipinski definition) is 1. The second-order valence-corrected chi connectivity index (χ2v) is 5.70. The first-order chi connectivity index (χ1) is 8.36. The molecule has 4 rings (SSSR count). The van der Waals surface area contributed by atoms with Crippen LogP contribution in [0.1, 0.15) is 18.5 Å². The van der Waals surface area contributed by atoms with Crippen molar-refractivity contribution in [1.82, 2.24) is 9.88 Å². The quantitative estimate of drug-likeness (QED) is 0.730. The molecule has 0 radical (unpaired) electrons. The monoisotopic (exact) mass is 226 g/mol. The van der Waals surface area contributed by atoms with Crippen LogP contribution in [0.2, 0.25) is 0 Å². The van der Waals surface area contributed by atoms with Crippen molar-refractivity contribution >= 4 is 10.9 Å². The standard InChI is InChI=1S/C15H18N2/c1-2-4-14-12(3-1)9-13-10-15(5-7-16-11-15)6-8-17(13)14/h1-4,9,16H,5-8,10-11H2. The third kappa shape index (κ3) is 1.37. The van der Waals surface area contributed by atoms with Gasteiger partial charge in [0.2, 0.25) is 0 Å². The van der Waals surface area contributed by atoms with Crippen LogP contribution in [-0.4, -0.2) is 17.7 Å². The molecule has 1 atom stereocenters. The van der Waals surface area contributed by atoms with Gasteiger partial charge in [0.05, 0.1) is 0 Å². The van der Waals surface area contributed by atoms with Crippen molar-refractivity contribution in [2.45, 2.75) is 25.8 Å². The second kappa shape index (κ2) is 3.36. The van der Waals surface area contributed by atoms with E-state index >= 15 is 0 Å². The summed E-state index contributed by atoms with van der Waals surface area (Å²) in [5.74, 6) is 0. The Morgan fingerprint density at radius 3 is 3.00 bits per heavy atom. The summed E-state index contributed by atoms with van der Waals surface area (Å²) >= 11 is 0. The molecule has 0 aliphatic carbocycles. The van der Waals surface area contributed by atoms with Gasteiger partial charge in [-0.1, -0.05) is 18.2 Å². The number of hydrogen-bond donors (Lipinski definition) is 1. The van der Waals surface area contributed by atoms with Crippen LogP contribution in [0.25, 0.3) is 10.9 Å². The minimum absolute atomic E-state index is 0.560. The number of nitrogens with one attached hydrogen (secondary N) is 1. The Bertz CT molecular complexity index is 561. The summed E-state index contributed by atoms with van der Waals surface area (Å²) in [6, 6.07) is 11.2. The molecule has 88 valence electrons. The number of aryl methyl sites for hydroxylation is 1. The lowest BCUT2D eigenvalue weighted by Crippen LogP contribution is -2.33. The summed E-state index contributed by atoms with van der Waals surface area (Å²) in [6.07, 6.45) is 3.95. The van der Waals surface area contributed by atoms with Crippen molar-refractivity contribution in [3.8, 4) is 0 Å². The molecule has 2 aromatic rings. The van der Waals surface area contributed by atoms with Crippen LogP contribution < -0.4 is 5.32 Å². The van der Waals surface area contributed by atoms with Crippen LogP contribution in [0.4, 0.5) is 0 Å². The molecule has 1 saturated heterocycles. The summed E-state index contributed by atoms with van der Waals surface area (Å²) < 4.78 is 2.53. The summed E-state index contributed by atoms with van der Waals surface area (Å²) in [7, 11) is 0. The highest BCUT2D eigenvalue weighted by Crippen LogP contribution is 2.39. The maximum atomic E-state index is 3.54. The van der Waals surface area contributed by atoms with Crippen LogP contribution in [0.5, 0.6) is 0 Å². The molecule has 2 nitrogen and oxygen atoms in total. The lowest BCUT2D eigenvalue weighted by atomic mass is 9.77. The highest BCUT2D eigenvalue weighted by Gasteiger charge is 2.37. The Morgan fingerprint density at radius 2 is 2.12 bits per heavy atom. The Hall–Kier alpha value is -1.28. The Balaban J connectivity index is 1.82. The van der Waals surface area contributed by atoms with Crippen molar-refractivity contribution in [1.29, 1.82) is 0 Å². The molecule has 3 heterocycles. The number of benzene rings is 1. The van der Waals surface area contributed by atoms with Crippen molar-refractivity contribution in [2.75, 3.05) is 13.1 Å². The maximum absolute atomic E-state index is 3.54. The SMILES string of the molecule is c1ccc2c(c1)cc1n2CCC2(CCNC2)C1. The van der Waals surface area contributed by atoms with E-state index in [2.05, 4.69) is 40.2 Å². The molecule has 0 saturated carbocycles. The van der Waals surface area contributed by atoms with Gasteiger partial charge in [-0.15, -0.1) is 0 Å². The predicted molar refractivity (Wildman–Crippen MR) is 70.2 cm³/mol. The molecule has 1 aromatic carbocycles. The molecule has 1 spiro atoms. The average Bonchev–Trinajstić information content (AvgIpc) is 2.93. The molecule has 1 N–H and O–H groups in total. The molecule has 2 heteroatoms. The zero-order chi connectivity index (χ0) is 11.3. The van der Waals surface area contributed by atoms with E-state index in [0.717, 1.165) is 0 Å². The van der Waals surface area contributed by atoms with Gasteiger partial charge in [-0.05, 0) is 48.7 Å². The van der Waals surface area contributed by atoms with Gasteiger partial charge in [0.25, 0.3) is 0 Å². The van der Waals surface area contributed by atoms with Crippen LogP contribution in [0, 0.1) is 5.41 Å². The number of nitrogens with zero attached hydrogens (tertiary/aromatic N) is 1. The van der Waals surface area contributed by atoms with E-state index in [1.807, 2.05) is 0 Å². The summed E-state index contributed by atoms with van der Waals surface area (Å²) in [5.41, 5.74) is 3.52. The fraction of sp³-hybridized carbons (Fsp3) is 0.467. The number of fused-ring (bicyclic) bond motifs is 3. The van der Waals surface area contributed by atoms with Gasteiger partial charge >= 0.3 is 0 Å². The molecule has 2 aliphatic heterocycles. The smallest absolute Gasteiger partial charge is 0.0482 e.